The Kier molecular flexibility index (Phi) is 7.35. The lowest BCUT2D eigenvalue weighted by atomic mass is 10.2. The number of amides is 1. The van der Waals surface area contributed by atoms with E-state index in [4.69, 9.17) is 0 Å². The van der Waals surface area contributed by atoms with E-state index in [1.165, 1.54) is 0 Å². The van der Waals surface area contributed by atoms with Crippen LogP contribution in [0.25, 0.3) is 0 Å². The molecule has 0 radical (unpaired) electrons. The minimum absolute atomic E-state index is 0.251. The summed E-state index contributed by atoms with van der Waals surface area (Å²) in [6.07, 6.45) is 1.59. The highest BCUT2D eigenvalue weighted by Crippen LogP contribution is 2.18. The van der Waals surface area contributed by atoms with Gasteiger partial charge in [0.2, 0.25) is 5.95 Å². The van der Waals surface area contributed by atoms with Gasteiger partial charge in [0.15, 0.2) is 0 Å². The van der Waals surface area contributed by atoms with Gasteiger partial charge in [0, 0.05) is 43.8 Å². The Balaban J connectivity index is 1.99. The number of hydrogen-bond acceptors (Lipinski definition) is 6. The first-order chi connectivity index (χ1) is 12.5. The molecule has 7 nitrogen and oxygen atoms in total. The van der Waals surface area contributed by atoms with Crippen LogP contribution in [0.2, 0.25) is 0 Å². The third kappa shape index (κ3) is 5.70. The van der Waals surface area contributed by atoms with Crippen LogP contribution in [-0.4, -0.2) is 61.0 Å². The highest BCUT2D eigenvalue weighted by molar-refractivity contribution is 6.03. The third-order valence-electron chi connectivity index (χ3n) is 3.98. The fourth-order valence-corrected chi connectivity index (χ4v) is 2.50. The van der Waals surface area contributed by atoms with Crippen molar-refractivity contribution in [1.29, 1.82) is 0 Å². The maximum absolute atomic E-state index is 12.4. The maximum atomic E-state index is 12.4. The molecule has 0 unspecified atom stereocenters. The molecule has 0 fully saturated rings. The van der Waals surface area contributed by atoms with Gasteiger partial charge >= 0.3 is 0 Å². The van der Waals surface area contributed by atoms with E-state index in [2.05, 4.69) is 44.2 Å². The van der Waals surface area contributed by atoms with Crippen LogP contribution in [0.1, 0.15) is 24.3 Å². The van der Waals surface area contributed by atoms with Crippen molar-refractivity contribution < 1.29 is 4.79 Å². The van der Waals surface area contributed by atoms with Gasteiger partial charge < -0.3 is 20.4 Å². The number of carbonyl (C=O) groups excluding carboxylic acids is 1. The van der Waals surface area contributed by atoms with Crippen LogP contribution in [0.3, 0.4) is 0 Å². The van der Waals surface area contributed by atoms with Crippen molar-refractivity contribution in [1.82, 2.24) is 14.9 Å². The number of likely N-dealkylation sites (N-methyl/N-ethyl adjacent to an activating group) is 1. The summed E-state index contributed by atoms with van der Waals surface area (Å²) >= 11 is 0. The number of anilines is 3. The summed E-state index contributed by atoms with van der Waals surface area (Å²) in [5.74, 6) is 0.204. The fourth-order valence-electron chi connectivity index (χ4n) is 2.50. The summed E-state index contributed by atoms with van der Waals surface area (Å²) in [6, 6.07) is 9.44. The average Bonchev–Trinajstić information content (AvgIpc) is 2.64. The fraction of sp³-hybridized carbons (Fsp3) is 0.421. The molecule has 0 aliphatic rings. The summed E-state index contributed by atoms with van der Waals surface area (Å²) < 4.78 is 0. The molecule has 2 rings (SSSR count). The van der Waals surface area contributed by atoms with E-state index in [1.807, 2.05) is 38.4 Å². The lowest BCUT2D eigenvalue weighted by Gasteiger charge is -2.21. The number of carbonyl (C=O) groups is 1. The molecule has 0 saturated carbocycles. The van der Waals surface area contributed by atoms with E-state index in [9.17, 15) is 4.79 Å². The third-order valence-corrected chi connectivity index (χ3v) is 3.98. The van der Waals surface area contributed by atoms with Crippen LogP contribution < -0.4 is 15.5 Å². The molecule has 26 heavy (non-hydrogen) atoms. The van der Waals surface area contributed by atoms with Gasteiger partial charge in [-0.15, -0.1) is 0 Å². The van der Waals surface area contributed by atoms with Crippen molar-refractivity contribution in [2.45, 2.75) is 13.8 Å². The highest BCUT2D eigenvalue weighted by Gasteiger charge is 2.10. The second-order valence-corrected chi connectivity index (χ2v) is 6.17. The Bertz CT molecular complexity index is 697. The smallest absolute Gasteiger partial charge is 0.274 e. The quantitative estimate of drug-likeness (QED) is 0.719. The molecule has 0 spiro atoms. The lowest BCUT2D eigenvalue weighted by Crippen LogP contribution is -2.22. The molecular formula is C19H28N6O. The number of benzene rings is 1. The van der Waals surface area contributed by atoms with Gasteiger partial charge in [0.05, 0.1) is 0 Å². The SMILES string of the molecule is CCN(CC)c1ccc(NC(=O)c2ccnc(NCCN(C)C)n2)cc1. The summed E-state index contributed by atoms with van der Waals surface area (Å²) in [6.45, 7) is 7.72. The minimum atomic E-state index is -0.251. The van der Waals surface area contributed by atoms with Crippen LogP contribution in [0, 0.1) is 0 Å². The van der Waals surface area contributed by atoms with Crippen molar-refractivity contribution in [3.8, 4) is 0 Å². The molecule has 1 amide bonds. The van der Waals surface area contributed by atoms with Crippen LogP contribution >= 0.6 is 0 Å². The Hall–Kier alpha value is -2.67. The zero-order chi connectivity index (χ0) is 18.9. The van der Waals surface area contributed by atoms with Gasteiger partial charge in [-0.05, 0) is 58.3 Å². The predicted octanol–water partition coefficient (Wildman–Crippen LogP) is 2.55. The van der Waals surface area contributed by atoms with Crippen molar-refractivity contribution in [3.05, 3.63) is 42.2 Å². The van der Waals surface area contributed by atoms with Gasteiger partial charge in [-0.25, -0.2) is 9.97 Å². The van der Waals surface area contributed by atoms with Gasteiger partial charge in [-0.2, -0.15) is 0 Å². The molecule has 1 aromatic heterocycles. The van der Waals surface area contributed by atoms with Crippen molar-refractivity contribution in [2.75, 3.05) is 55.8 Å². The second-order valence-electron chi connectivity index (χ2n) is 6.17. The van der Waals surface area contributed by atoms with E-state index in [0.29, 0.717) is 18.2 Å². The number of hydrogen-bond donors (Lipinski definition) is 2. The Morgan fingerprint density at radius 1 is 1.08 bits per heavy atom. The van der Waals surface area contributed by atoms with E-state index in [-0.39, 0.29) is 5.91 Å². The largest absolute Gasteiger partial charge is 0.372 e. The Morgan fingerprint density at radius 2 is 1.77 bits per heavy atom. The second kappa shape index (κ2) is 9.72. The topological polar surface area (TPSA) is 73.4 Å². The monoisotopic (exact) mass is 356 g/mol. The highest BCUT2D eigenvalue weighted by atomic mass is 16.1. The van der Waals surface area contributed by atoms with Gasteiger partial charge in [0.1, 0.15) is 5.69 Å². The first-order valence-electron chi connectivity index (χ1n) is 8.91. The predicted molar refractivity (Wildman–Crippen MR) is 107 cm³/mol. The number of aromatic nitrogens is 2. The molecule has 1 heterocycles. The Morgan fingerprint density at radius 3 is 2.38 bits per heavy atom. The molecule has 140 valence electrons. The van der Waals surface area contributed by atoms with Crippen molar-refractivity contribution in [3.63, 3.8) is 0 Å². The van der Waals surface area contributed by atoms with Crippen LogP contribution in [-0.2, 0) is 0 Å². The minimum Gasteiger partial charge on any atom is -0.372 e. The zero-order valence-electron chi connectivity index (χ0n) is 16.0. The molecule has 1 aromatic carbocycles. The summed E-state index contributed by atoms with van der Waals surface area (Å²) in [4.78, 5) is 25.2. The Labute approximate surface area is 155 Å². The molecule has 2 aromatic rings. The molecule has 0 bridgehead atoms. The first-order valence-corrected chi connectivity index (χ1v) is 8.91. The summed E-state index contributed by atoms with van der Waals surface area (Å²) in [5.41, 5.74) is 2.22. The van der Waals surface area contributed by atoms with Gasteiger partial charge in [-0.1, -0.05) is 0 Å². The van der Waals surface area contributed by atoms with E-state index in [1.54, 1.807) is 12.3 Å². The number of rotatable bonds is 9. The molecule has 0 aliphatic carbocycles. The molecule has 0 saturated heterocycles. The average molecular weight is 356 g/mol. The van der Waals surface area contributed by atoms with Crippen LogP contribution in [0.15, 0.2) is 36.5 Å². The normalized spacial score (nSPS) is 10.7. The number of nitrogens with zero attached hydrogens (tertiary/aromatic N) is 4. The van der Waals surface area contributed by atoms with Crippen molar-refractivity contribution >= 4 is 23.2 Å². The molecule has 7 heteroatoms. The van der Waals surface area contributed by atoms with Crippen LogP contribution in [0.4, 0.5) is 17.3 Å². The molecule has 0 aliphatic heterocycles. The van der Waals surface area contributed by atoms with Gasteiger partial charge in [0.25, 0.3) is 5.91 Å². The zero-order valence-corrected chi connectivity index (χ0v) is 16.0. The molecular weight excluding hydrogens is 328 g/mol. The summed E-state index contributed by atoms with van der Waals surface area (Å²) in [5, 5.41) is 6.00. The first kappa shape index (κ1) is 19.7. The summed E-state index contributed by atoms with van der Waals surface area (Å²) in [7, 11) is 4.00. The lowest BCUT2D eigenvalue weighted by molar-refractivity contribution is 0.102. The standard InChI is InChI=1S/C19H28N6O/c1-5-25(6-2)16-9-7-15(8-10-16)22-18(26)17-11-12-20-19(23-17)21-13-14-24(3)4/h7-12H,5-6,13-14H2,1-4H3,(H,22,26)(H,20,21,23). The van der Waals surface area contributed by atoms with Gasteiger partial charge in [-0.3, -0.25) is 4.79 Å². The van der Waals surface area contributed by atoms with E-state index in [0.717, 1.165) is 31.0 Å². The van der Waals surface area contributed by atoms with E-state index >= 15 is 0 Å². The maximum Gasteiger partial charge on any atom is 0.274 e. The van der Waals surface area contributed by atoms with Crippen molar-refractivity contribution in [2.24, 2.45) is 0 Å². The van der Waals surface area contributed by atoms with E-state index < -0.39 is 0 Å². The molecule has 0 atom stereocenters. The molecule has 2 N–H and O–H groups in total. The number of nitrogens with one attached hydrogen (secondary N) is 2. The van der Waals surface area contributed by atoms with Crippen LogP contribution in [0.5, 0.6) is 0 Å².